The number of rotatable bonds is 4. The van der Waals surface area contributed by atoms with E-state index in [1.165, 1.54) is 51.6 Å². The van der Waals surface area contributed by atoms with Gasteiger partial charge in [-0.3, -0.25) is 4.90 Å². The molecule has 4 atom stereocenters. The fourth-order valence-electron chi connectivity index (χ4n) is 3.95. The summed E-state index contributed by atoms with van der Waals surface area (Å²) >= 11 is 0. The third-order valence-corrected chi connectivity index (χ3v) is 5.15. The van der Waals surface area contributed by atoms with Crippen molar-refractivity contribution < 1.29 is 0 Å². The molecule has 4 unspecified atom stereocenters. The van der Waals surface area contributed by atoms with E-state index in [1.807, 2.05) is 0 Å². The lowest BCUT2D eigenvalue weighted by atomic mass is 9.76. The highest BCUT2D eigenvalue weighted by Crippen LogP contribution is 2.36. The molecule has 18 heavy (non-hydrogen) atoms. The van der Waals surface area contributed by atoms with Crippen LogP contribution in [0.5, 0.6) is 0 Å². The first-order valence-corrected chi connectivity index (χ1v) is 7.92. The number of nitriles is 1. The third kappa shape index (κ3) is 3.06. The first-order chi connectivity index (χ1) is 8.78. The molecule has 1 saturated heterocycles. The average Bonchev–Trinajstić information content (AvgIpc) is 2.87. The zero-order chi connectivity index (χ0) is 13.0. The Balaban J connectivity index is 1.96. The van der Waals surface area contributed by atoms with Crippen LogP contribution in [-0.2, 0) is 0 Å². The van der Waals surface area contributed by atoms with Crippen molar-refractivity contribution in [1.29, 1.82) is 5.26 Å². The number of hydrogen-bond donors (Lipinski definition) is 0. The van der Waals surface area contributed by atoms with Gasteiger partial charge in [-0.15, -0.1) is 0 Å². The number of nitrogens with zero attached hydrogens (tertiary/aromatic N) is 2. The first-order valence-electron chi connectivity index (χ1n) is 7.92. The molecule has 0 aromatic rings. The second-order valence-electron chi connectivity index (χ2n) is 6.33. The SMILES string of the molecule is CCCC1CCC(C#N)C(N2CCC(CC)C2)C1. The molecule has 2 nitrogen and oxygen atoms in total. The molecule has 1 heterocycles. The molecule has 1 aliphatic heterocycles. The van der Waals surface area contributed by atoms with Crippen LogP contribution in [0.4, 0.5) is 0 Å². The van der Waals surface area contributed by atoms with Gasteiger partial charge in [0.2, 0.25) is 0 Å². The second kappa shape index (κ2) is 6.57. The maximum atomic E-state index is 9.38. The van der Waals surface area contributed by atoms with Crippen LogP contribution in [0.15, 0.2) is 0 Å². The Bertz CT molecular complexity index is 294. The van der Waals surface area contributed by atoms with Gasteiger partial charge in [0.05, 0.1) is 12.0 Å². The highest BCUT2D eigenvalue weighted by molar-refractivity contribution is 4.99. The Kier molecular flexibility index (Phi) is 5.06. The van der Waals surface area contributed by atoms with Gasteiger partial charge in [-0.1, -0.05) is 33.1 Å². The van der Waals surface area contributed by atoms with Crippen LogP contribution in [0.1, 0.15) is 58.8 Å². The molecule has 1 aliphatic carbocycles. The molecular weight excluding hydrogens is 220 g/mol. The van der Waals surface area contributed by atoms with E-state index in [4.69, 9.17) is 0 Å². The van der Waals surface area contributed by atoms with Gasteiger partial charge in [-0.25, -0.2) is 0 Å². The average molecular weight is 248 g/mol. The Morgan fingerprint density at radius 3 is 2.61 bits per heavy atom. The summed E-state index contributed by atoms with van der Waals surface area (Å²) in [5.41, 5.74) is 0. The van der Waals surface area contributed by atoms with Crippen molar-refractivity contribution >= 4 is 0 Å². The van der Waals surface area contributed by atoms with Crippen LogP contribution in [0.3, 0.4) is 0 Å². The minimum atomic E-state index is 0.300. The molecule has 2 fully saturated rings. The quantitative estimate of drug-likeness (QED) is 0.756. The van der Waals surface area contributed by atoms with Crippen molar-refractivity contribution in [2.45, 2.75) is 64.8 Å². The van der Waals surface area contributed by atoms with Gasteiger partial charge in [0.15, 0.2) is 0 Å². The van der Waals surface area contributed by atoms with Gasteiger partial charge in [0.25, 0.3) is 0 Å². The largest absolute Gasteiger partial charge is 0.299 e. The van der Waals surface area contributed by atoms with Crippen LogP contribution in [0.25, 0.3) is 0 Å². The van der Waals surface area contributed by atoms with Crippen molar-refractivity contribution in [1.82, 2.24) is 4.90 Å². The third-order valence-electron chi connectivity index (χ3n) is 5.15. The van der Waals surface area contributed by atoms with E-state index in [0.29, 0.717) is 12.0 Å². The normalized spacial score (nSPS) is 37.6. The standard InChI is InChI=1S/C16H28N2/c1-3-5-14-6-7-15(11-17)16(10-14)18-9-8-13(4-2)12-18/h13-16H,3-10,12H2,1-2H3. The van der Waals surface area contributed by atoms with Gasteiger partial charge in [-0.2, -0.15) is 5.26 Å². The molecular formula is C16H28N2. The molecule has 2 aliphatic rings. The Morgan fingerprint density at radius 1 is 1.17 bits per heavy atom. The van der Waals surface area contributed by atoms with E-state index in [9.17, 15) is 5.26 Å². The fourth-order valence-corrected chi connectivity index (χ4v) is 3.95. The predicted octanol–water partition coefficient (Wildman–Crippen LogP) is 3.83. The van der Waals surface area contributed by atoms with Crippen LogP contribution in [0, 0.1) is 29.1 Å². The summed E-state index contributed by atoms with van der Waals surface area (Å²) in [7, 11) is 0. The summed E-state index contributed by atoms with van der Waals surface area (Å²) in [5, 5.41) is 9.38. The minimum Gasteiger partial charge on any atom is -0.299 e. The fraction of sp³-hybridized carbons (Fsp3) is 0.938. The summed E-state index contributed by atoms with van der Waals surface area (Å²) < 4.78 is 0. The Hall–Kier alpha value is -0.550. The van der Waals surface area contributed by atoms with Gasteiger partial charge < -0.3 is 0 Å². The maximum Gasteiger partial charge on any atom is 0.0672 e. The van der Waals surface area contributed by atoms with E-state index in [0.717, 1.165) is 18.3 Å². The molecule has 0 amide bonds. The van der Waals surface area contributed by atoms with E-state index >= 15 is 0 Å². The van der Waals surface area contributed by atoms with Crippen LogP contribution in [0.2, 0.25) is 0 Å². The minimum absolute atomic E-state index is 0.300. The van der Waals surface area contributed by atoms with Crippen molar-refractivity contribution in [3.63, 3.8) is 0 Å². The van der Waals surface area contributed by atoms with E-state index < -0.39 is 0 Å². The molecule has 2 heteroatoms. The van der Waals surface area contributed by atoms with Crippen molar-refractivity contribution in [3.8, 4) is 6.07 Å². The van der Waals surface area contributed by atoms with Crippen molar-refractivity contribution in [2.24, 2.45) is 17.8 Å². The smallest absolute Gasteiger partial charge is 0.0672 e. The van der Waals surface area contributed by atoms with Crippen LogP contribution in [-0.4, -0.2) is 24.0 Å². The molecule has 0 spiro atoms. The Morgan fingerprint density at radius 2 is 2.00 bits per heavy atom. The highest BCUT2D eigenvalue weighted by Gasteiger charge is 2.36. The molecule has 2 rings (SSSR count). The summed E-state index contributed by atoms with van der Waals surface area (Å²) in [6.07, 6.45) is 9.02. The monoisotopic (exact) mass is 248 g/mol. The summed E-state index contributed by atoms with van der Waals surface area (Å²) in [4.78, 5) is 2.64. The van der Waals surface area contributed by atoms with Crippen molar-refractivity contribution in [2.75, 3.05) is 13.1 Å². The lowest BCUT2D eigenvalue weighted by Crippen LogP contribution is -2.43. The molecule has 102 valence electrons. The predicted molar refractivity (Wildman–Crippen MR) is 75.1 cm³/mol. The summed E-state index contributed by atoms with van der Waals surface area (Å²) in [6.45, 7) is 7.07. The molecule has 1 saturated carbocycles. The van der Waals surface area contributed by atoms with Gasteiger partial charge in [-0.05, 0) is 44.1 Å². The van der Waals surface area contributed by atoms with Gasteiger partial charge >= 0.3 is 0 Å². The zero-order valence-electron chi connectivity index (χ0n) is 12.1. The van der Waals surface area contributed by atoms with Crippen molar-refractivity contribution in [3.05, 3.63) is 0 Å². The number of hydrogen-bond acceptors (Lipinski definition) is 2. The van der Waals surface area contributed by atoms with E-state index in [2.05, 4.69) is 24.8 Å². The molecule has 0 N–H and O–H groups in total. The van der Waals surface area contributed by atoms with Crippen LogP contribution >= 0.6 is 0 Å². The maximum absolute atomic E-state index is 9.38. The second-order valence-corrected chi connectivity index (χ2v) is 6.33. The topological polar surface area (TPSA) is 27.0 Å². The van der Waals surface area contributed by atoms with Crippen LogP contribution < -0.4 is 0 Å². The lowest BCUT2D eigenvalue weighted by Gasteiger charge is -2.38. The molecule has 0 radical (unpaired) electrons. The first kappa shape index (κ1) is 13.9. The zero-order valence-corrected chi connectivity index (χ0v) is 12.1. The van der Waals surface area contributed by atoms with Gasteiger partial charge in [0, 0.05) is 12.6 Å². The van der Waals surface area contributed by atoms with Gasteiger partial charge in [0.1, 0.15) is 0 Å². The summed E-state index contributed by atoms with van der Waals surface area (Å²) in [6, 6.07) is 3.15. The van der Waals surface area contributed by atoms with E-state index in [-0.39, 0.29) is 0 Å². The summed E-state index contributed by atoms with van der Waals surface area (Å²) in [5.74, 6) is 2.06. The molecule has 0 aromatic heterocycles. The lowest BCUT2D eigenvalue weighted by molar-refractivity contribution is 0.116. The van der Waals surface area contributed by atoms with E-state index in [1.54, 1.807) is 0 Å². The highest BCUT2D eigenvalue weighted by atomic mass is 15.2. The Labute approximate surface area is 112 Å². The molecule has 0 aromatic carbocycles. The molecule has 0 bridgehead atoms. The number of likely N-dealkylation sites (tertiary alicyclic amines) is 1.